The van der Waals surface area contributed by atoms with E-state index < -0.39 is 6.10 Å². The number of allylic oxidation sites excluding steroid dienone is 1. The maximum atomic E-state index is 11.6. The molecule has 2 unspecified atom stereocenters. The standard InChI is InChI=1S/C10H18N2O2/c1-3-4-5-10(14)12(2)8-6-11-7-9(8)13/h3,8-9,11,13H,1,4-7H2,2H3. The Labute approximate surface area is 84.6 Å². The number of rotatable bonds is 4. The van der Waals surface area contributed by atoms with E-state index >= 15 is 0 Å². The van der Waals surface area contributed by atoms with E-state index in [0.717, 1.165) is 0 Å². The van der Waals surface area contributed by atoms with Crippen molar-refractivity contribution in [3.63, 3.8) is 0 Å². The number of carbonyl (C=O) groups is 1. The monoisotopic (exact) mass is 198 g/mol. The minimum absolute atomic E-state index is 0.0673. The first-order chi connectivity index (χ1) is 6.66. The summed E-state index contributed by atoms with van der Waals surface area (Å²) in [4.78, 5) is 13.2. The molecular formula is C10H18N2O2. The van der Waals surface area contributed by atoms with Gasteiger partial charge in [-0.2, -0.15) is 0 Å². The predicted octanol–water partition coefficient (Wildman–Crippen LogP) is -0.256. The van der Waals surface area contributed by atoms with Crippen molar-refractivity contribution in [2.45, 2.75) is 25.0 Å². The second-order valence-corrected chi connectivity index (χ2v) is 3.62. The Kier molecular flexibility index (Phi) is 4.10. The summed E-state index contributed by atoms with van der Waals surface area (Å²) in [6.07, 6.45) is 2.46. The number of aliphatic hydroxyl groups excluding tert-OH is 1. The lowest BCUT2D eigenvalue weighted by Gasteiger charge is -2.26. The summed E-state index contributed by atoms with van der Waals surface area (Å²) in [6.45, 7) is 4.82. The normalized spacial score (nSPS) is 26.1. The third kappa shape index (κ3) is 2.56. The van der Waals surface area contributed by atoms with Gasteiger partial charge in [-0.15, -0.1) is 6.58 Å². The van der Waals surface area contributed by atoms with E-state index in [1.54, 1.807) is 18.0 Å². The van der Waals surface area contributed by atoms with Gasteiger partial charge in [0.05, 0.1) is 12.1 Å². The number of nitrogens with one attached hydrogen (secondary N) is 1. The number of amides is 1. The number of hydrogen-bond donors (Lipinski definition) is 2. The lowest BCUT2D eigenvalue weighted by Crippen LogP contribution is -2.44. The van der Waals surface area contributed by atoms with Crippen LogP contribution in [-0.2, 0) is 4.79 Å². The second kappa shape index (κ2) is 5.12. The van der Waals surface area contributed by atoms with Gasteiger partial charge in [0.2, 0.25) is 5.91 Å². The fraction of sp³-hybridized carbons (Fsp3) is 0.700. The molecule has 4 heteroatoms. The Balaban J connectivity index is 2.42. The zero-order valence-electron chi connectivity index (χ0n) is 8.57. The zero-order chi connectivity index (χ0) is 10.6. The fourth-order valence-electron chi connectivity index (χ4n) is 1.63. The zero-order valence-corrected chi connectivity index (χ0v) is 8.57. The van der Waals surface area contributed by atoms with E-state index in [4.69, 9.17) is 0 Å². The molecule has 1 heterocycles. The number of aliphatic hydroxyl groups is 1. The highest BCUT2D eigenvalue weighted by atomic mass is 16.3. The molecule has 1 aliphatic rings. The minimum atomic E-state index is -0.437. The Morgan fingerprint density at radius 2 is 2.43 bits per heavy atom. The molecular weight excluding hydrogens is 180 g/mol. The van der Waals surface area contributed by atoms with Crippen molar-refractivity contribution < 1.29 is 9.90 Å². The van der Waals surface area contributed by atoms with Crippen LogP contribution < -0.4 is 5.32 Å². The molecule has 1 saturated heterocycles. The van der Waals surface area contributed by atoms with Gasteiger partial charge in [-0.25, -0.2) is 0 Å². The molecule has 1 amide bonds. The van der Waals surface area contributed by atoms with Crippen molar-refractivity contribution in [1.29, 1.82) is 0 Å². The highest BCUT2D eigenvalue weighted by Crippen LogP contribution is 2.09. The van der Waals surface area contributed by atoms with Crippen LogP contribution in [0.25, 0.3) is 0 Å². The van der Waals surface area contributed by atoms with Crippen LogP contribution in [0.5, 0.6) is 0 Å². The molecule has 2 N–H and O–H groups in total. The SMILES string of the molecule is C=CCCC(=O)N(C)C1CNCC1O. The van der Waals surface area contributed by atoms with Crippen LogP contribution in [0.4, 0.5) is 0 Å². The van der Waals surface area contributed by atoms with Crippen LogP contribution in [0.2, 0.25) is 0 Å². The van der Waals surface area contributed by atoms with E-state index in [0.29, 0.717) is 25.9 Å². The van der Waals surface area contributed by atoms with Crippen molar-refractivity contribution in [2.75, 3.05) is 20.1 Å². The predicted molar refractivity (Wildman–Crippen MR) is 54.9 cm³/mol. The lowest BCUT2D eigenvalue weighted by atomic mass is 10.1. The van der Waals surface area contributed by atoms with Gasteiger partial charge in [0.1, 0.15) is 0 Å². The third-order valence-corrected chi connectivity index (χ3v) is 2.60. The molecule has 0 aliphatic carbocycles. The minimum Gasteiger partial charge on any atom is -0.390 e. The molecule has 0 aromatic heterocycles. The van der Waals surface area contributed by atoms with Gasteiger partial charge in [-0.3, -0.25) is 4.79 Å². The molecule has 2 atom stereocenters. The summed E-state index contributed by atoms with van der Waals surface area (Å²) in [5.41, 5.74) is 0. The molecule has 0 aromatic carbocycles. The average Bonchev–Trinajstić information content (AvgIpc) is 2.59. The summed E-state index contributed by atoms with van der Waals surface area (Å²) in [7, 11) is 1.74. The van der Waals surface area contributed by atoms with E-state index in [1.165, 1.54) is 0 Å². The maximum absolute atomic E-state index is 11.6. The summed E-state index contributed by atoms with van der Waals surface area (Å²) in [5, 5.41) is 12.6. The van der Waals surface area contributed by atoms with Crippen LogP contribution in [0.15, 0.2) is 12.7 Å². The molecule has 1 aliphatic heterocycles. The first kappa shape index (κ1) is 11.2. The first-order valence-corrected chi connectivity index (χ1v) is 4.92. The van der Waals surface area contributed by atoms with Crippen molar-refractivity contribution in [1.82, 2.24) is 10.2 Å². The molecule has 1 rings (SSSR count). The molecule has 80 valence electrons. The molecule has 1 fully saturated rings. The highest BCUT2D eigenvalue weighted by Gasteiger charge is 2.30. The molecule has 0 aromatic rings. The lowest BCUT2D eigenvalue weighted by molar-refractivity contribution is -0.133. The van der Waals surface area contributed by atoms with Crippen LogP contribution in [0.3, 0.4) is 0 Å². The van der Waals surface area contributed by atoms with Crippen LogP contribution in [0.1, 0.15) is 12.8 Å². The number of likely N-dealkylation sites (N-methyl/N-ethyl adjacent to an activating group) is 1. The van der Waals surface area contributed by atoms with Gasteiger partial charge in [0.25, 0.3) is 0 Å². The van der Waals surface area contributed by atoms with Crippen molar-refractivity contribution in [3.05, 3.63) is 12.7 Å². The van der Waals surface area contributed by atoms with E-state index in [1.807, 2.05) is 0 Å². The van der Waals surface area contributed by atoms with E-state index in [9.17, 15) is 9.90 Å². The van der Waals surface area contributed by atoms with Gasteiger partial charge < -0.3 is 15.3 Å². The topological polar surface area (TPSA) is 52.6 Å². The largest absolute Gasteiger partial charge is 0.390 e. The Morgan fingerprint density at radius 1 is 1.71 bits per heavy atom. The van der Waals surface area contributed by atoms with Gasteiger partial charge in [-0.05, 0) is 6.42 Å². The summed E-state index contributed by atoms with van der Waals surface area (Å²) in [6, 6.07) is -0.0766. The Bertz CT molecular complexity index is 218. The van der Waals surface area contributed by atoms with Gasteiger partial charge in [0.15, 0.2) is 0 Å². The van der Waals surface area contributed by atoms with Gasteiger partial charge in [0, 0.05) is 26.6 Å². The summed E-state index contributed by atoms with van der Waals surface area (Å²) in [5.74, 6) is 0.0673. The second-order valence-electron chi connectivity index (χ2n) is 3.62. The molecule has 0 radical (unpaired) electrons. The maximum Gasteiger partial charge on any atom is 0.223 e. The van der Waals surface area contributed by atoms with Crippen molar-refractivity contribution in [2.24, 2.45) is 0 Å². The molecule has 14 heavy (non-hydrogen) atoms. The van der Waals surface area contributed by atoms with E-state index in [-0.39, 0.29) is 11.9 Å². The summed E-state index contributed by atoms with van der Waals surface area (Å²) >= 11 is 0. The van der Waals surface area contributed by atoms with Crippen LogP contribution in [-0.4, -0.2) is 48.2 Å². The average molecular weight is 198 g/mol. The quantitative estimate of drug-likeness (QED) is 0.612. The van der Waals surface area contributed by atoms with Crippen molar-refractivity contribution in [3.8, 4) is 0 Å². The number of β-amino-alcohol motifs (C(OH)–C–C–N with tert-alkyl or cyclic N) is 1. The van der Waals surface area contributed by atoms with Crippen LogP contribution in [0, 0.1) is 0 Å². The first-order valence-electron chi connectivity index (χ1n) is 4.92. The fourth-order valence-corrected chi connectivity index (χ4v) is 1.63. The molecule has 0 bridgehead atoms. The number of carbonyl (C=O) groups excluding carboxylic acids is 1. The molecule has 4 nitrogen and oxygen atoms in total. The Morgan fingerprint density at radius 3 is 2.93 bits per heavy atom. The van der Waals surface area contributed by atoms with E-state index in [2.05, 4.69) is 11.9 Å². The van der Waals surface area contributed by atoms with Gasteiger partial charge >= 0.3 is 0 Å². The molecule has 0 saturated carbocycles. The molecule has 0 spiro atoms. The summed E-state index contributed by atoms with van der Waals surface area (Å²) < 4.78 is 0. The highest BCUT2D eigenvalue weighted by molar-refractivity contribution is 5.76. The van der Waals surface area contributed by atoms with Gasteiger partial charge in [-0.1, -0.05) is 6.08 Å². The number of hydrogen-bond acceptors (Lipinski definition) is 3. The van der Waals surface area contributed by atoms with Crippen molar-refractivity contribution >= 4 is 5.91 Å². The number of nitrogens with zero attached hydrogens (tertiary/aromatic N) is 1. The van der Waals surface area contributed by atoms with Crippen LogP contribution >= 0.6 is 0 Å². The Hall–Kier alpha value is -0.870. The smallest absolute Gasteiger partial charge is 0.223 e. The third-order valence-electron chi connectivity index (χ3n) is 2.60.